The van der Waals surface area contributed by atoms with Gasteiger partial charge in [-0.3, -0.25) is 4.79 Å². The van der Waals surface area contributed by atoms with E-state index in [1.54, 1.807) is 12.1 Å². The molecule has 2 rings (SSSR count). The van der Waals surface area contributed by atoms with Crippen LogP contribution in [0.2, 0.25) is 0 Å². The molecule has 0 aromatic heterocycles. The zero-order chi connectivity index (χ0) is 18.6. The molecular formula is C20H27ClN2O3. The number of aromatic hydroxyl groups is 1. The molecule has 1 amide bonds. The molecule has 0 heterocycles. The number of carbonyl (C=O) groups is 1. The maximum Gasteiger partial charge on any atom is 0.255 e. The summed E-state index contributed by atoms with van der Waals surface area (Å²) >= 11 is 5.40. The molecule has 142 valence electrons. The number of unbranched alkanes of at least 4 members (excludes halogenated alkanes) is 5. The fraction of sp³-hybridized carbons (Fsp3) is 0.450. The lowest BCUT2D eigenvalue weighted by Gasteiger charge is -2.12. The average molecular weight is 379 g/mol. The highest BCUT2D eigenvalue weighted by atomic mass is 35.5. The lowest BCUT2D eigenvalue weighted by atomic mass is 10.1. The highest BCUT2D eigenvalue weighted by Gasteiger charge is 2.12. The summed E-state index contributed by atoms with van der Waals surface area (Å²) < 4.78 is 5.56. The SMILES string of the molecule is O=C(NCCCCCCCCNCl)c1ccc(OCC2=CC=C2)cc1O. The normalized spacial score (nSPS) is 12.4. The lowest BCUT2D eigenvalue weighted by molar-refractivity contribution is 0.0950. The number of hydrogen-bond donors (Lipinski definition) is 3. The number of phenolic OH excluding ortho intramolecular Hbond substituents is 1. The molecule has 0 unspecified atom stereocenters. The van der Waals surface area contributed by atoms with Gasteiger partial charge in [0, 0.05) is 19.2 Å². The van der Waals surface area contributed by atoms with Crippen LogP contribution in [0, 0.1) is 0 Å². The van der Waals surface area contributed by atoms with E-state index in [0.717, 1.165) is 37.8 Å². The number of nitrogens with one attached hydrogen (secondary N) is 2. The molecule has 1 aliphatic rings. The van der Waals surface area contributed by atoms with Crippen LogP contribution >= 0.6 is 11.8 Å². The van der Waals surface area contributed by atoms with Gasteiger partial charge in [0.25, 0.3) is 5.91 Å². The van der Waals surface area contributed by atoms with Crippen LogP contribution < -0.4 is 14.9 Å². The molecular weight excluding hydrogens is 352 g/mol. The molecule has 0 atom stereocenters. The summed E-state index contributed by atoms with van der Waals surface area (Å²) in [6, 6.07) is 4.77. The van der Waals surface area contributed by atoms with Crippen LogP contribution in [-0.4, -0.2) is 30.7 Å². The van der Waals surface area contributed by atoms with E-state index in [9.17, 15) is 9.90 Å². The Morgan fingerprint density at radius 3 is 2.38 bits per heavy atom. The molecule has 6 heteroatoms. The summed E-state index contributed by atoms with van der Waals surface area (Å²) in [4.78, 5) is 14.8. The van der Waals surface area contributed by atoms with Crippen molar-refractivity contribution < 1.29 is 14.6 Å². The van der Waals surface area contributed by atoms with E-state index in [2.05, 4.69) is 10.2 Å². The van der Waals surface area contributed by atoms with Crippen molar-refractivity contribution in [1.82, 2.24) is 10.2 Å². The van der Waals surface area contributed by atoms with Crippen molar-refractivity contribution in [2.24, 2.45) is 0 Å². The first-order chi connectivity index (χ1) is 12.7. The maximum absolute atomic E-state index is 12.2. The minimum absolute atomic E-state index is 0.0639. The number of carbonyl (C=O) groups excluding carboxylic acids is 1. The smallest absolute Gasteiger partial charge is 0.255 e. The van der Waals surface area contributed by atoms with Crippen LogP contribution in [0.25, 0.3) is 0 Å². The molecule has 0 radical (unpaired) electrons. The highest BCUT2D eigenvalue weighted by molar-refractivity contribution is 6.13. The average Bonchev–Trinajstić information content (AvgIpc) is 2.59. The summed E-state index contributed by atoms with van der Waals surface area (Å²) in [5.74, 6) is 0.225. The monoisotopic (exact) mass is 378 g/mol. The summed E-state index contributed by atoms with van der Waals surface area (Å²) in [6.45, 7) is 1.92. The molecule has 1 aliphatic carbocycles. The van der Waals surface area contributed by atoms with E-state index in [1.807, 2.05) is 18.2 Å². The second kappa shape index (κ2) is 11.6. The van der Waals surface area contributed by atoms with E-state index in [1.165, 1.54) is 18.9 Å². The summed E-state index contributed by atoms with van der Waals surface area (Å²) in [5.41, 5.74) is 1.37. The third-order valence-corrected chi connectivity index (χ3v) is 4.41. The number of ether oxygens (including phenoxy) is 1. The minimum atomic E-state index is -0.258. The maximum atomic E-state index is 12.2. The minimum Gasteiger partial charge on any atom is -0.507 e. The Balaban J connectivity index is 1.62. The number of halogens is 1. The van der Waals surface area contributed by atoms with E-state index >= 15 is 0 Å². The molecule has 3 N–H and O–H groups in total. The Morgan fingerprint density at radius 2 is 1.77 bits per heavy atom. The van der Waals surface area contributed by atoms with E-state index in [-0.39, 0.29) is 17.2 Å². The Bertz CT molecular complexity index is 644. The van der Waals surface area contributed by atoms with Gasteiger partial charge in [0.1, 0.15) is 18.1 Å². The van der Waals surface area contributed by atoms with Gasteiger partial charge in [-0.25, -0.2) is 4.84 Å². The number of phenols is 1. The standard InChI is InChI=1S/C20H27ClN2O3/c21-23-13-6-4-2-1-3-5-12-22-20(25)18-11-10-17(14-19(18)24)26-15-16-8-7-9-16/h7-11,14,23-24H,1-6,12-13,15H2,(H,22,25). The molecule has 0 saturated carbocycles. The molecule has 0 bridgehead atoms. The van der Waals surface area contributed by atoms with Gasteiger partial charge in [0.05, 0.1) is 5.56 Å². The molecule has 5 nitrogen and oxygen atoms in total. The summed E-state index contributed by atoms with van der Waals surface area (Å²) in [7, 11) is 0. The molecule has 0 fully saturated rings. The number of benzene rings is 1. The predicted molar refractivity (Wildman–Crippen MR) is 105 cm³/mol. The summed E-state index contributed by atoms with van der Waals surface area (Å²) in [6.07, 6.45) is 12.5. The Hall–Kier alpha value is -1.98. The Labute approximate surface area is 160 Å². The third-order valence-electron chi connectivity index (χ3n) is 4.22. The van der Waals surface area contributed by atoms with E-state index in [4.69, 9.17) is 16.5 Å². The van der Waals surface area contributed by atoms with Crippen molar-refractivity contribution in [3.05, 3.63) is 47.6 Å². The molecule has 0 aliphatic heterocycles. The van der Waals surface area contributed by atoms with Gasteiger partial charge in [0.15, 0.2) is 0 Å². The van der Waals surface area contributed by atoms with Crippen LogP contribution in [0.1, 0.15) is 48.9 Å². The fourth-order valence-corrected chi connectivity index (χ4v) is 2.74. The highest BCUT2D eigenvalue weighted by Crippen LogP contribution is 2.24. The topological polar surface area (TPSA) is 70.6 Å². The van der Waals surface area contributed by atoms with Gasteiger partial charge >= 0.3 is 0 Å². The van der Waals surface area contributed by atoms with Crippen molar-refractivity contribution in [1.29, 1.82) is 0 Å². The van der Waals surface area contributed by atoms with Crippen LogP contribution in [0.3, 0.4) is 0 Å². The molecule has 26 heavy (non-hydrogen) atoms. The number of rotatable bonds is 13. The lowest BCUT2D eigenvalue weighted by Crippen LogP contribution is -2.24. The van der Waals surface area contributed by atoms with E-state index in [0.29, 0.717) is 18.9 Å². The number of hydrogen-bond acceptors (Lipinski definition) is 4. The fourth-order valence-electron chi connectivity index (χ4n) is 2.61. The third kappa shape index (κ3) is 7.10. The molecule has 0 saturated heterocycles. The number of allylic oxidation sites excluding steroid dienone is 2. The summed E-state index contributed by atoms with van der Waals surface area (Å²) in [5, 5.41) is 12.9. The van der Waals surface area contributed by atoms with Crippen molar-refractivity contribution in [3.8, 4) is 11.5 Å². The quantitative estimate of drug-likeness (QED) is 0.357. The van der Waals surface area contributed by atoms with Crippen LogP contribution in [0.15, 0.2) is 42.0 Å². The molecule has 1 aromatic rings. The molecule has 1 aromatic carbocycles. The van der Waals surface area contributed by atoms with Gasteiger partial charge in [-0.05, 0) is 42.3 Å². The van der Waals surface area contributed by atoms with Crippen molar-refractivity contribution in [2.45, 2.75) is 38.5 Å². The van der Waals surface area contributed by atoms with Crippen LogP contribution in [-0.2, 0) is 0 Å². The largest absolute Gasteiger partial charge is 0.507 e. The van der Waals surface area contributed by atoms with Crippen molar-refractivity contribution in [3.63, 3.8) is 0 Å². The molecule has 0 spiro atoms. The van der Waals surface area contributed by atoms with Gasteiger partial charge in [-0.1, -0.05) is 43.9 Å². The zero-order valence-electron chi connectivity index (χ0n) is 15.0. The van der Waals surface area contributed by atoms with Crippen LogP contribution in [0.5, 0.6) is 11.5 Å². The first-order valence-corrected chi connectivity index (χ1v) is 9.53. The van der Waals surface area contributed by atoms with Gasteiger partial charge in [-0.15, -0.1) is 0 Å². The first-order valence-electron chi connectivity index (χ1n) is 9.15. The second-order valence-corrected chi connectivity index (χ2v) is 6.60. The number of amides is 1. The Kier molecular flexibility index (Phi) is 9.07. The van der Waals surface area contributed by atoms with Crippen LogP contribution in [0.4, 0.5) is 0 Å². The van der Waals surface area contributed by atoms with Gasteiger partial charge in [-0.2, -0.15) is 0 Å². The van der Waals surface area contributed by atoms with Crippen molar-refractivity contribution in [2.75, 3.05) is 19.7 Å². The predicted octanol–water partition coefficient (Wildman–Crippen LogP) is 4.08. The van der Waals surface area contributed by atoms with Gasteiger partial charge in [0.2, 0.25) is 0 Å². The Morgan fingerprint density at radius 1 is 1.08 bits per heavy atom. The van der Waals surface area contributed by atoms with Crippen molar-refractivity contribution >= 4 is 17.7 Å². The first kappa shape index (κ1) is 20.3. The second-order valence-electron chi connectivity index (χ2n) is 6.33. The van der Waals surface area contributed by atoms with Gasteiger partial charge < -0.3 is 15.2 Å². The van der Waals surface area contributed by atoms with E-state index < -0.39 is 0 Å². The zero-order valence-corrected chi connectivity index (χ0v) is 15.7.